The largest absolute Gasteiger partial charge is 0.345 e. The highest BCUT2D eigenvalue weighted by Crippen LogP contribution is 2.34. The second-order valence-electron chi connectivity index (χ2n) is 3.91. The molecule has 1 aromatic carbocycles. The highest BCUT2D eigenvalue weighted by Gasteiger charge is 2.09. The van der Waals surface area contributed by atoms with Crippen molar-refractivity contribution < 1.29 is 4.92 Å². The van der Waals surface area contributed by atoms with Crippen molar-refractivity contribution in [3.8, 4) is 0 Å². The maximum atomic E-state index is 10.7. The summed E-state index contributed by atoms with van der Waals surface area (Å²) in [5.41, 5.74) is 0.915. The van der Waals surface area contributed by atoms with Gasteiger partial charge in [0.1, 0.15) is 5.65 Å². The van der Waals surface area contributed by atoms with Gasteiger partial charge in [-0.05, 0) is 18.2 Å². The van der Waals surface area contributed by atoms with Crippen LogP contribution in [0.5, 0.6) is 0 Å². The summed E-state index contributed by atoms with van der Waals surface area (Å²) in [6.45, 7) is 0. The van der Waals surface area contributed by atoms with Crippen molar-refractivity contribution in [3.63, 3.8) is 0 Å². The number of H-pyrrole nitrogens is 1. The molecule has 0 aliphatic rings. The number of nitro groups is 1. The van der Waals surface area contributed by atoms with Crippen molar-refractivity contribution in [2.75, 3.05) is 0 Å². The van der Waals surface area contributed by atoms with E-state index in [1.807, 2.05) is 24.4 Å². The first kappa shape index (κ1) is 11.7. The summed E-state index contributed by atoms with van der Waals surface area (Å²) in [4.78, 5) is 19.5. The molecule has 5 nitrogen and oxygen atoms in total. The minimum absolute atomic E-state index is 0.1000. The van der Waals surface area contributed by atoms with E-state index >= 15 is 0 Å². The van der Waals surface area contributed by atoms with Crippen molar-refractivity contribution >= 4 is 28.5 Å². The van der Waals surface area contributed by atoms with Gasteiger partial charge >= 0.3 is 0 Å². The average molecular weight is 271 g/mol. The van der Waals surface area contributed by atoms with Crippen molar-refractivity contribution in [1.82, 2.24) is 9.97 Å². The van der Waals surface area contributed by atoms with E-state index in [1.54, 1.807) is 18.3 Å². The average Bonchev–Trinajstić information content (AvgIpc) is 2.83. The monoisotopic (exact) mass is 271 g/mol. The fourth-order valence-corrected chi connectivity index (χ4v) is 2.78. The molecule has 0 saturated carbocycles. The molecule has 0 amide bonds. The number of nitrogens with zero attached hydrogens (tertiary/aromatic N) is 2. The van der Waals surface area contributed by atoms with Crippen LogP contribution >= 0.6 is 11.8 Å². The molecule has 6 heteroatoms. The SMILES string of the molecule is O=[N+]([O-])c1cccc(Sc2c[nH]c3ncccc23)c1. The van der Waals surface area contributed by atoms with E-state index in [0.29, 0.717) is 0 Å². The Balaban J connectivity index is 1.97. The zero-order chi connectivity index (χ0) is 13.2. The first-order valence-electron chi connectivity index (χ1n) is 5.58. The molecule has 3 rings (SSSR count). The maximum absolute atomic E-state index is 10.7. The van der Waals surface area contributed by atoms with E-state index in [2.05, 4.69) is 9.97 Å². The molecule has 0 unspecified atom stereocenters. The Morgan fingerprint density at radius 2 is 2.16 bits per heavy atom. The van der Waals surface area contributed by atoms with Gasteiger partial charge in [0, 0.05) is 39.7 Å². The summed E-state index contributed by atoms with van der Waals surface area (Å²) in [6.07, 6.45) is 3.59. The Morgan fingerprint density at radius 1 is 1.26 bits per heavy atom. The third-order valence-corrected chi connectivity index (χ3v) is 3.72. The molecule has 19 heavy (non-hydrogen) atoms. The number of rotatable bonds is 3. The van der Waals surface area contributed by atoms with Crippen molar-refractivity contribution in [2.24, 2.45) is 0 Å². The number of aromatic nitrogens is 2. The normalized spacial score (nSPS) is 10.7. The Hall–Kier alpha value is -2.34. The topological polar surface area (TPSA) is 71.8 Å². The number of fused-ring (bicyclic) bond motifs is 1. The van der Waals surface area contributed by atoms with Gasteiger partial charge in [-0.15, -0.1) is 0 Å². The van der Waals surface area contributed by atoms with E-state index in [9.17, 15) is 10.1 Å². The van der Waals surface area contributed by atoms with Gasteiger partial charge in [-0.1, -0.05) is 17.8 Å². The van der Waals surface area contributed by atoms with Crippen molar-refractivity contribution in [2.45, 2.75) is 9.79 Å². The van der Waals surface area contributed by atoms with Crippen LogP contribution in [-0.2, 0) is 0 Å². The molecule has 0 radical (unpaired) electrons. The van der Waals surface area contributed by atoms with Crippen LogP contribution < -0.4 is 0 Å². The Labute approximate surface area is 112 Å². The van der Waals surface area contributed by atoms with Gasteiger partial charge < -0.3 is 4.98 Å². The number of pyridine rings is 1. The molecule has 0 atom stereocenters. The molecule has 94 valence electrons. The van der Waals surface area contributed by atoms with Gasteiger partial charge in [-0.3, -0.25) is 10.1 Å². The summed E-state index contributed by atoms with van der Waals surface area (Å²) in [5.74, 6) is 0. The molecular formula is C13H9N3O2S. The molecule has 2 aromatic heterocycles. The number of aromatic amines is 1. The van der Waals surface area contributed by atoms with Gasteiger partial charge in [0.15, 0.2) is 0 Å². The van der Waals surface area contributed by atoms with Crippen molar-refractivity contribution in [1.29, 1.82) is 0 Å². The van der Waals surface area contributed by atoms with E-state index in [0.717, 1.165) is 20.8 Å². The summed E-state index contributed by atoms with van der Waals surface area (Å²) < 4.78 is 0. The number of nitro benzene ring substituents is 1. The third kappa shape index (κ3) is 2.30. The second kappa shape index (κ2) is 4.74. The molecule has 0 spiro atoms. The fourth-order valence-electron chi connectivity index (χ4n) is 1.80. The van der Waals surface area contributed by atoms with Crippen LogP contribution in [0.15, 0.2) is 58.6 Å². The molecule has 3 aromatic rings. The second-order valence-corrected chi connectivity index (χ2v) is 5.02. The lowest BCUT2D eigenvalue weighted by Gasteiger charge is -1.99. The summed E-state index contributed by atoms with van der Waals surface area (Å²) in [5, 5.41) is 11.8. The molecule has 0 aliphatic heterocycles. The number of benzene rings is 1. The Kier molecular flexibility index (Phi) is 2.92. The summed E-state index contributed by atoms with van der Waals surface area (Å²) in [7, 11) is 0. The molecule has 1 N–H and O–H groups in total. The van der Waals surface area contributed by atoms with Crippen LogP contribution in [-0.4, -0.2) is 14.9 Å². The molecule has 0 fully saturated rings. The smallest absolute Gasteiger partial charge is 0.270 e. The lowest BCUT2D eigenvalue weighted by atomic mass is 10.3. The van der Waals surface area contributed by atoms with Gasteiger partial charge in [0.2, 0.25) is 0 Å². The number of hydrogen-bond acceptors (Lipinski definition) is 4. The Morgan fingerprint density at radius 3 is 3.00 bits per heavy atom. The van der Waals surface area contributed by atoms with Crippen LogP contribution in [0.2, 0.25) is 0 Å². The van der Waals surface area contributed by atoms with Gasteiger partial charge in [0.25, 0.3) is 5.69 Å². The Bertz CT molecular complexity index is 754. The molecule has 0 bridgehead atoms. The van der Waals surface area contributed by atoms with E-state index in [1.165, 1.54) is 17.8 Å². The van der Waals surface area contributed by atoms with Gasteiger partial charge in [-0.25, -0.2) is 4.98 Å². The highest BCUT2D eigenvalue weighted by molar-refractivity contribution is 7.99. The number of non-ortho nitro benzene ring substituents is 1. The zero-order valence-corrected chi connectivity index (χ0v) is 10.6. The highest BCUT2D eigenvalue weighted by atomic mass is 32.2. The predicted molar refractivity (Wildman–Crippen MR) is 73.3 cm³/mol. The molecular weight excluding hydrogens is 262 g/mol. The summed E-state index contributed by atoms with van der Waals surface area (Å²) in [6, 6.07) is 10.4. The van der Waals surface area contributed by atoms with E-state index in [-0.39, 0.29) is 10.6 Å². The predicted octanol–water partition coefficient (Wildman–Crippen LogP) is 3.62. The van der Waals surface area contributed by atoms with Crippen LogP contribution in [0, 0.1) is 10.1 Å². The standard InChI is InChI=1S/C13H9N3O2S/c17-16(18)9-3-1-4-10(7-9)19-12-8-15-13-11(12)5-2-6-14-13/h1-8H,(H,14,15). The number of nitrogens with one attached hydrogen (secondary N) is 1. The van der Waals surface area contributed by atoms with Crippen LogP contribution in [0.4, 0.5) is 5.69 Å². The van der Waals surface area contributed by atoms with Gasteiger partial charge in [0.05, 0.1) is 4.92 Å². The fraction of sp³-hybridized carbons (Fsp3) is 0. The zero-order valence-electron chi connectivity index (χ0n) is 9.74. The van der Waals surface area contributed by atoms with Crippen LogP contribution in [0.3, 0.4) is 0 Å². The van der Waals surface area contributed by atoms with Crippen LogP contribution in [0.1, 0.15) is 0 Å². The van der Waals surface area contributed by atoms with E-state index < -0.39 is 0 Å². The lowest BCUT2D eigenvalue weighted by Crippen LogP contribution is -1.86. The first-order valence-corrected chi connectivity index (χ1v) is 6.40. The summed E-state index contributed by atoms with van der Waals surface area (Å²) >= 11 is 1.48. The van der Waals surface area contributed by atoms with Crippen LogP contribution in [0.25, 0.3) is 11.0 Å². The number of hydrogen-bond donors (Lipinski definition) is 1. The van der Waals surface area contributed by atoms with Gasteiger partial charge in [-0.2, -0.15) is 0 Å². The molecule has 0 aliphatic carbocycles. The minimum Gasteiger partial charge on any atom is -0.345 e. The quantitative estimate of drug-likeness (QED) is 0.583. The lowest BCUT2D eigenvalue weighted by molar-refractivity contribution is -0.385. The first-order chi connectivity index (χ1) is 9.24. The minimum atomic E-state index is -0.388. The third-order valence-electron chi connectivity index (χ3n) is 2.67. The molecule has 2 heterocycles. The molecule has 0 saturated heterocycles. The maximum Gasteiger partial charge on any atom is 0.270 e. The van der Waals surface area contributed by atoms with E-state index in [4.69, 9.17) is 0 Å². The van der Waals surface area contributed by atoms with Crippen molar-refractivity contribution in [3.05, 3.63) is 58.9 Å².